The van der Waals surface area contributed by atoms with Crippen LogP contribution in [0.5, 0.6) is 0 Å². The molecule has 0 saturated heterocycles. The SMILES string of the molecule is CCNC(=NCc1cc(F)ccc1F)NCCC(C)C.I. The lowest BCUT2D eigenvalue weighted by Gasteiger charge is -2.12. The maximum absolute atomic E-state index is 13.5. The summed E-state index contributed by atoms with van der Waals surface area (Å²) in [5.74, 6) is 0.338. The first-order valence-corrected chi connectivity index (χ1v) is 6.99. The van der Waals surface area contributed by atoms with Gasteiger partial charge in [0.15, 0.2) is 5.96 Å². The molecule has 0 aliphatic heterocycles. The Morgan fingerprint density at radius 1 is 1.24 bits per heavy atom. The van der Waals surface area contributed by atoms with Gasteiger partial charge in [0.1, 0.15) is 11.6 Å². The van der Waals surface area contributed by atoms with Gasteiger partial charge in [-0.1, -0.05) is 13.8 Å². The van der Waals surface area contributed by atoms with Gasteiger partial charge in [0.2, 0.25) is 0 Å². The van der Waals surface area contributed by atoms with Gasteiger partial charge in [-0.15, -0.1) is 24.0 Å². The van der Waals surface area contributed by atoms with Crippen LogP contribution in [0.1, 0.15) is 32.8 Å². The zero-order valence-corrected chi connectivity index (χ0v) is 15.1. The summed E-state index contributed by atoms with van der Waals surface area (Å²) >= 11 is 0. The van der Waals surface area contributed by atoms with Crippen LogP contribution in [-0.2, 0) is 6.54 Å². The van der Waals surface area contributed by atoms with E-state index < -0.39 is 11.6 Å². The number of aliphatic imine (C=N–C) groups is 1. The van der Waals surface area contributed by atoms with E-state index in [4.69, 9.17) is 0 Å². The summed E-state index contributed by atoms with van der Waals surface area (Å²) < 4.78 is 26.6. The zero-order chi connectivity index (χ0) is 15.0. The number of hydrogen-bond acceptors (Lipinski definition) is 1. The predicted molar refractivity (Wildman–Crippen MR) is 94.0 cm³/mol. The van der Waals surface area contributed by atoms with Gasteiger partial charge in [0.05, 0.1) is 6.54 Å². The lowest BCUT2D eigenvalue weighted by Crippen LogP contribution is -2.38. The minimum atomic E-state index is -0.450. The molecule has 0 heterocycles. The summed E-state index contributed by atoms with van der Waals surface area (Å²) in [5, 5.41) is 6.26. The molecule has 1 aromatic rings. The average molecular weight is 411 g/mol. The van der Waals surface area contributed by atoms with Crippen LogP contribution < -0.4 is 10.6 Å². The number of nitrogens with one attached hydrogen (secondary N) is 2. The van der Waals surface area contributed by atoms with Crippen molar-refractivity contribution in [1.82, 2.24) is 10.6 Å². The standard InChI is InChI=1S/C15H23F2N3.HI/c1-4-18-15(19-8-7-11(2)3)20-10-12-9-13(16)5-6-14(12)17;/h5-6,9,11H,4,7-8,10H2,1-3H3,(H2,18,19,20);1H. The Kier molecular flexibility index (Phi) is 10.3. The van der Waals surface area contributed by atoms with Crippen LogP contribution in [0.25, 0.3) is 0 Å². The van der Waals surface area contributed by atoms with Gasteiger partial charge in [-0.05, 0) is 37.5 Å². The van der Waals surface area contributed by atoms with Crippen LogP contribution in [-0.4, -0.2) is 19.0 Å². The molecule has 0 radical (unpaired) electrons. The summed E-state index contributed by atoms with van der Waals surface area (Å²) in [5.41, 5.74) is 0.256. The topological polar surface area (TPSA) is 36.4 Å². The fraction of sp³-hybridized carbons (Fsp3) is 0.533. The van der Waals surface area contributed by atoms with Crippen molar-refractivity contribution >= 4 is 29.9 Å². The van der Waals surface area contributed by atoms with Gasteiger partial charge < -0.3 is 10.6 Å². The van der Waals surface area contributed by atoms with E-state index in [-0.39, 0.29) is 36.1 Å². The summed E-state index contributed by atoms with van der Waals surface area (Å²) in [6, 6.07) is 3.41. The monoisotopic (exact) mass is 411 g/mol. The second-order valence-electron chi connectivity index (χ2n) is 5.04. The van der Waals surface area contributed by atoms with Crippen molar-refractivity contribution in [2.45, 2.75) is 33.7 Å². The van der Waals surface area contributed by atoms with Crippen LogP contribution in [0, 0.1) is 17.6 Å². The molecule has 0 aliphatic rings. The Bertz CT molecular complexity index is 451. The molecular weight excluding hydrogens is 387 g/mol. The summed E-state index contributed by atoms with van der Waals surface area (Å²) in [7, 11) is 0. The number of rotatable bonds is 6. The highest BCUT2D eigenvalue weighted by atomic mass is 127. The number of nitrogens with zero attached hydrogens (tertiary/aromatic N) is 1. The zero-order valence-electron chi connectivity index (χ0n) is 12.7. The van der Waals surface area contributed by atoms with E-state index in [1.54, 1.807) is 0 Å². The number of hydrogen-bond donors (Lipinski definition) is 2. The molecular formula is C15H24F2IN3. The van der Waals surface area contributed by atoms with Gasteiger partial charge in [0.25, 0.3) is 0 Å². The lowest BCUT2D eigenvalue weighted by atomic mass is 10.1. The van der Waals surface area contributed by atoms with Crippen molar-refractivity contribution in [3.8, 4) is 0 Å². The molecule has 0 saturated carbocycles. The van der Waals surface area contributed by atoms with Gasteiger partial charge in [-0.25, -0.2) is 13.8 Å². The molecule has 0 atom stereocenters. The van der Waals surface area contributed by atoms with Crippen LogP contribution in [0.15, 0.2) is 23.2 Å². The number of guanidine groups is 1. The average Bonchev–Trinajstić information content (AvgIpc) is 2.39. The summed E-state index contributed by atoms with van der Waals surface area (Å²) in [6.45, 7) is 7.89. The molecule has 1 aromatic carbocycles. The van der Waals surface area contributed by atoms with Gasteiger partial charge in [-0.2, -0.15) is 0 Å². The van der Waals surface area contributed by atoms with E-state index in [1.165, 1.54) is 6.07 Å². The maximum atomic E-state index is 13.5. The highest BCUT2D eigenvalue weighted by Gasteiger charge is 2.04. The van der Waals surface area contributed by atoms with Crippen LogP contribution in [0.3, 0.4) is 0 Å². The van der Waals surface area contributed by atoms with E-state index >= 15 is 0 Å². The number of benzene rings is 1. The molecule has 21 heavy (non-hydrogen) atoms. The van der Waals surface area contributed by atoms with E-state index in [2.05, 4.69) is 29.5 Å². The van der Waals surface area contributed by atoms with Gasteiger partial charge in [0, 0.05) is 18.7 Å². The van der Waals surface area contributed by atoms with E-state index in [9.17, 15) is 8.78 Å². The third-order valence-corrected chi connectivity index (χ3v) is 2.77. The second-order valence-corrected chi connectivity index (χ2v) is 5.04. The molecule has 0 spiro atoms. The first-order chi connectivity index (χ1) is 9.52. The molecule has 1 rings (SSSR count). The van der Waals surface area contributed by atoms with Crippen molar-refractivity contribution < 1.29 is 8.78 Å². The van der Waals surface area contributed by atoms with Crippen molar-refractivity contribution in [3.05, 3.63) is 35.4 Å². The Labute approximate surface area is 142 Å². The van der Waals surface area contributed by atoms with Gasteiger partial charge >= 0.3 is 0 Å². The third-order valence-electron chi connectivity index (χ3n) is 2.77. The second kappa shape index (κ2) is 10.8. The largest absolute Gasteiger partial charge is 0.357 e. The highest BCUT2D eigenvalue weighted by Crippen LogP contribution is 2.10. The lowest BCUT2D eigenvalue weighted by molar-refractivity contribution is 0.572. The molecule has 0 amide bonds. The van der Waals surface area contributed by atoms with E-state index in [0.717, 1.165) is 31.6 Å². The number of halogens is 3. The Morgan fingerprint density at radius 2 is 1.95 bits per heavy atom. The first-order valence-electron chi connectivity index (χ1n) is 6.99. The van der Waals surface area contributed by atoms with E-state index in [0.29, 0.717) is 11.9 Å². The fourth-order valence-electron chi connectivity index (χ4n) is 1.65. The van der Waals surface area contributed by atoms with E-state index in [1.807, 2.05) is 6.92 Å². The molecule has 0 bridgehead atoms. The Balaban J connectivity index is 0.00000400. The normalized spacial score (nSPS) is 11.2. The van der Waals surface area contributed by atoms with Crippen LogP contribution in [0.4, 0.5) is 8.78 Å². The molecule has 120 valence electrons. The van der Waals surface area contributed by atoms with Crippen molar-refractivity contribution in [2.75, 3.05) is 13.1 Å². The molecule has 0 fully saturated rings. The van der Waals surface area contributed by atoms with Crippen LogP contribution in [0.2, 0.25) is 0 Å². The smallest absolute Gasteiger partial charge is 0.191 e. The van der Waals surface area contributed by atoms with Crippen molar-refractivity contribution in [3.63, 3.8) is 0 Å². The van der Waals surface area contributed by atoms with Crippen molar-refractivity contribution in [2.24, 2.45) is 10.9 Å². The third kappa shape index (κ3) is 8.18. The molecule has 0 aromatic heterocycles. The quantitative estimate of drug-likeness (QED) is 0.426. The van der Waals surface area contributed by atoms with Gasteiger partial charge in [-0.3, -0.25) is 0 Å². The summed E-state index contributed by atoms with van der Waals surface area (Å²) in [6.07, 6.45) is 1.03. The van der Waals surface area contributed by atoms with Crippen molar-refractivity contribution in [1.29, 1.82) is 0 Å². The first kappa shape index (κ1) is 20.1. The fourth-order valence-corrected chi connectivity index (χ4v) is 1.65. The predicted octanol–water partition coefficient (Wildman–Crippen LogP) is 3.68. The minimum Gasteiger partial charge on any atom is -0.357 e. The molecule has 6 heteroatoms. The maximum Gasteiger partial charge on any atom is 0.191 e. The molecule has 2 N–H and O–H groups in total. The highest BCUT2D eigenvalue weighted by molar-refractivity contribution is 14.0. The Hall–Kier alpha value is -0.920. The minimum absolute atomic E-state index is 0. The molecule has 0 unspecified atom stereocenters. The molecule has 3 nitrogen and oxygen atoms in total. The van der Waals surface area contributed by atoms with Crippen LogP contribution >= 0.6 is 24.0 Å². The molecule has 0 aliphatic carbocycles. The Morgan fingerprint density at radius 3 is 2.57 bits per heavy atom. The summed E-state index contributed by atoms with van der Waals surface area (Å²) in [4.78, 5) is 4.27.